The minimum atomic E-state index is -0.0743. The number of aromatic hydroxyl groups is 1. The molecule has 2 nitrogen and oxygen atoms in total. The largest absolute Gasteiger partial charge is 0.508 e. The van der Waals surface area contributed by atoms with Crippen LogP contribution in [0.5, 0.6) is 11.5 Å². The van der Waals surface area contributed by atoms with Gasteiger partial charge in [0.25, 0.3) is 0 Å². The fourth-order valence-electron chi connectivity index (χ4n) is 1.42. The molecule has 14 heavy (non-hydrogen) atoms. The van der Waals surface area contributed by atoms with E-state index in [-0.39, 0.29) is 5.41 Å². The molecule has 0 bridgehead atoms. The minimum absolute atomic E-state index is 0.0743. The van der Waals surface area contributed by atoms with Gasteiger partial charge in [-0.25, -0.2) is 0 Å². The molecule has 0 atom stereocenters. The van der Waals surface area contributed by atoms with Gasteiger partial charge >= 0.3 is 0 Å². The number of hydrogen-bond acceptors (Lipinski definition) is 2. The monoisotopic (exact) mass is 306 g/mol. The highest BCUT2D eigenvalue weighted by atomic mass is 127. The molecule has 0 aliphatic rings. The average molecular weight is 306 g/mol. The maximum absolute atomic E-state index is 9.79. The van der Waals surface area contributed by atoms with Crippen molar-refractivity contribution in [2.75, 3.05) is 7.11 Å². The normalized spacial score (nSPS) is 11.5. The summed E-state index contributed by atoms with van der Waals surface area (Å²) >= 11 is 2.21. The standard InChI is InChI=1S/C11H15IO2/c1-11(2,3)9-7(13)5-6-8(14-4)10(9)12/h5-6,13H,1-4H3. The van der Waals surface area contributed by atoms with Crippen molar-refractivity contribution in [1.82, 2.24) is 0 Å². The van der Waals surface area contributed by atoms with E-state index >= 15 is 0 Å². The van der Waals surface area contributed by atoms with Gasteiger partial charge < -0.3 is 9.84 Å². The molecular weight excluding hydrogens is 291 g/mol. The Morgan fingerprint density at radius 1 is 1.29 bits per heavy atom. The van der Waals surface area contributed by atoms with Crippen molar-refractivity contribution in [3.63, 3.8) is 0 Å². The summed E-state index contributed by atoms with van der Waals surface area (Å²) in [6.07, 6.45) is 0. The quantitative estimate of drug-likeness (QED) is 0.807. The molecule has 1 aromatic rings. The lowest BCUT2D eigenvalue weighted by atomic mass is 9.86. The number of ether oxygens (including phenoxy) is 1. The highest BCUT2D eigenvalue weighted by molar-refractivity contribution is 14.1. The molecule has 0 aromatic heterocycles. The van der Waals surface area contributed by atoms with Crippen LogP contribution in [0.15, 0.2) is 12.1 Å². The summed E-state index contributed by atoms with van der Waals surface area (Å²) in [7, 11) is 1.64. The molecule has 0 aliphatic carbocycles. The molecule has 0 aliphatic heterocycles. The third kappa shape index (κ3) is 2.13. The summed E-state index contributed by atoms with van der Waals surface area (Å²) in [5.74, 6) is 1.15. The minimum Gasteiger partial charge on any atom is -0.508 e. The molecule has 0 amide bonds. The Labute approximate surface area is 98.4 Å². The van der Waals surface area contributed by atoms with Crippen molar-refractivity contribution in [3.05, 3.63) is 21.3 Å². The molecule has 1 aromatic carbocycles. The molecule has 0 heterocycles. The Balaban J connectivity index is 3.40. The number of phenolic OH excluding ortho intramolecular Hbond substituents is 1. The van der Waals surface area contributed by atoms with Crippen LogP contribution in [0, 0.1) is 3.57 Å². The molecule has 0 fully saturated rings. The summed E-state index contributed by atoms with van der Waals surface area (Å²) in [6.45, 7) is 6.22. The topological polar surface area (TPSA) is 29.5 Å². The zero-order valence-corrected chi connectivity index (χ0v) is 11.0. The molecule has 0 saturated carbocycles. The summed E-state index contributed by atoms with van der Waals surface area (Å²) in [5, 5.41) is 9.79. The number of halogens is 1. The van der Waals surface area contributed by atoms with E-state index in [1.165, 1.54) is 0 Å². The van der Waals surface area contributed by atoms with E-state index in [2.05, 4.69) is 43.4 Å². The third-order valence-electron chi connectivity index (χ3n) is 2.05. The van der Waals surface area contributed by atoms with Crippen LogP contribution in [0.25, 0.3) is 0 Å². The lowest BCUT2D eigenvalue weighted by Crippen LogP contribution is -2.14. The van der Waals surface area contributed by atoms with E-state index in [9.17, 15) is 5.11 Å². The van der Waals surface area contributed by atoms with Gasteiger partial charge in [-0.3, -0.25) is 0 Å². The van der Waals surface area contributed by atoms with Gasteiger partial charge in [-0.15, -0.1) is 0 Å². The Morgan fingerprint density at radius 3 is 2.29 bits per heavy atom. The molecule has 1 N–H and O–H groups in total. The zero-order chi connectivity index (χ0) is 10.9. The van der Waals surface area contributed by atoms with E-state index in [4.69, 9.17) is 4.74 Å². The Kier molecular flexibility index (Phi) is 3.29. The van der Waals surface area contributed by atoms with E-state index in [1.54, 1.807) is 19.2 Å². The van der Waals surface area contributed by atoms with Crippen molar-refractivity contribution in [2.45, 2.75) is 26.2 Å². The maximum Gasteiger partial charge on any atom is 0.132 e. The highest BCUT2D eigenvalue weighted by Crippen LogP contribution is 2.38. The van der Waals surface area contributed by atoms with Crippen LogP contribution in [0.3, 0.4) is 0 Å². The maximum atomic E-state index is 9.79. The SMILES string of the molecule is COc1ccc(O)c(C(C)(C)C)c1I. The van der Waals surface area contributed by atoms with Gasteiger partial charge in [-0.05, 0) is 40.1 Å². The fraction of sp³-hybridized carbons (Fsp3) is 0.455. The number of phenols is 1. The highest BCUT2D eigenvalue weighted by Gasteiger charge is 2.23. The van der Waals surface area contributed by atoms with Crippen LogP contribution in [-0.2, 0) is 5.41 Å². The first-order valence-electron chi connectivity index (χ1n) is 4.44. The third-order valence-corrected chi connectivity index (χ3v) is 3.13. The molecular formula is C11H15IO2. The van der Waals surface area contributed by atoms with Crippen molar-refractivity contribution in [1.29, 1.82) is 0 Å². The molecule has 0 radical (unpaired) electrons. The van der Waals surface area contributed by atoms with Crippen LogP contribution in [0.2, 0.25) is 0 Å². The van der Waals surface area contributed by atoms with Crippen molar-refractivity contribution < 1.29 is 9.84 Å². The first-order valence-corrected chi connectivity index (χ1v) is 5.51. The Morgan fingerprint density at radius 2 is 1.86 bits per heavy atom. The lowest BCUT2D eigenvalue weighted by Gasteiger charge is -2.23. The first-order chi connectivity index (χ1) is 6.38. The summed E-state index contributed by atoms with van der Waals surface area (Å²) in [4.78, 5) is 0. The van der Waals surface area contributed by atoms with E-state index in [0.29, 0.717) is 5.75 Å². The Bertz CT molecular complexity index is 340. The molecule has 1 rings (SSSR count). The van der Waals surface area contributed by atoms with E-state index in [1.807, 2.05) is 0 Å². The lowest BCUT2D eigenvalue weighted by molar-refractivity contribution is 0.401. The molecule has 0 saturated heterocycles. The zero-order valence-electron chi connectivity index (χ0n) is 8.89. The number of rotatable bonds is 1. The second kappa shape index (κ2) is 3.96. The summed E-state index contributed by atoms with van der Waals surface area (Å²) < 4.78 is 6.20. The fourth-order valence-corrected chi connectivity index (χ4v) is 2.90. The van der Waals surface area contributed by atoms with Gasteiger partial charge in [0.05, 0.1) is 10.7 Å². The van der Waals surface area contributed by atoms with Gasteiger partial charge in [0.15, 0.2) is 0 Å². The van der Waals surface area contributed by atoms with Crippen molar-refractivity contribution in [3.8, 4) is 11.5 Å². The van der Waals surface area contributed by atoms with Crippen LogP contribution in [0.4, 0.5) is 0 Å². The number of benzene rings is 1. The van der Waals surface area contributed by atoms with Gasteiger partial charge in [-0.2, -0.15) is 0 Å². The average Bonchev–Trinajstić information content (AvgIpc) is 2.02. The smallest absolute Gasteiger partial charge is 0.132 e. The van der Waals surface area contributed by atoms with Crippen LogP contribution >= 0.6 is 22.6 Å². The predicted molar refractivity (Wildman–Crippen MR) is 66.1 cm³/mol. The van der Waals surface area contributed by atoms with Crippen molar-refractivity contribution >= 4 is 22.6 Å². The Hall–Kier alpha value is -0.450. The van der Waals surface area contributed by atoms with Gasteiger partial charge in [0, 0.05) is 5.56 Å². The van der Waals surface area contributed by atoms with Gasteiger partial charge in [0.1, 0.15) is 11.5 Å². The van der Waals surface area contributed by atoms with Gasteiger partial charge in [0.2, 0.25) is 0 Å². The van der Waals surface area contributed by atoms with Crippen LogP contribution in [-0.4, -0.2) is 12.2 Å². The summed E-state index contributed by atoms with van der Waals surface area (Å²) in [6, 6.07) is 3.47. The predicted octanol–water partition coefficient (Wildman–Crippen LogP) is 3.30. The first kappa shape index (κ1) is 11.6. The van der Waals surface area contributed by atoms with Gasteiger partial charge in [-0.1, -0.05) is 20.8 Å². The van der Waals surface area contributed by atoms with Crippen LogP contribution < -0.4 is 4.74 Å². The summed E-state index contributed by atoms with van der Waals surface area (Å²) in [5.41, 5.74) is 0.868. The number of hydrogen-bond donors (Lipinski definition) is 1. The van der Waals surface area contributed by atoms with Crippen LogP contribution in [0.1, 0.15) is 26.3 Å². The molecule has 0 unspecified atom stereocenters. The second-order valence-electron chi connectivity index (χ2n) is 4.23. The van der Waals surface area contributed by atoms with E-state index in [0.717, 1.165) is 14.9 Å². The molecule has 0 spiro atoms. The molecule has 3 heteroatoms. The van der Waals surface area contributed by atoms with Crippen molar-refractivity contribution in [2.24, 2.45) is 0 Å². The van der Waals surface area contributed by atoms with E-state index < -0.39 is 0 Å². The molecule has 78 valence electrons. The second-order valence-corrected chi connectivity index (χ2v) is 5.30. The number of methoxy groups -OCH3 is 1.